The fourth-order valence-electron chi connectivity index (χ4n) is 4.72. The Hall–Kier alpha value is -3.48. The average Bonchev–Trinajstić information content (AvgIpc) is 3.58. The topological polar surface area (TPSA) is 237 Å². The van der Waals surface area contributed by atoms with Crippen LogP contribution in [0.15, 0.2) is 41.1 Å². The van der Waals surface area contributed by atoms with Crippen molar-refractivity contribution < 1.29 is 49.3 Å². The number of aliphatic hydroxyl groups is 2. The molecule has 2 aliphatic rings. The van der Waals surface area contributed by atoms with Crippen LogP contribution in [0.3, 0.4) is 0 Å². The number of nitrogens with zero attached hydrogens (tertiary/aromatic N) is 2. The lowest BCUT2D eigenvalue weighted by Crippen LogP contribution is -2.71. The van der Waals surface area contributed by atoms with Gasteiger partial charge in [-0.1, -0.05) is 23.2 Å². The van der Waals surface area contributed by atoms with Crippen LogP contribution in [0.4, 0.5) is 5.69 Å². The molecular weight excluding hydrogens is 679 g/mol. The van der Waals surface area contributed by atoms with Crippen molar-refractivity contribution in [2.75, 3.05) is 6.61 Å². The minimum atomic E-state index is -1.40. The SMILES string of the molecule is CC1(C)S[C@@H]2[C@H](NC(=O)[C@H](C(=O)O)c3ccsc3)C(=O)N2[C@H]1C(=O)O.O=C(N[C@H](CO)[C@H](O)c1ccc([N+](=O)[O-])cc1)C(Cl)Cl. The van der Waals surface area contributed by atoms with Crippen LogP contribution in [0, 0.1) is 10.1 Å². The van der Waals surface area contributed by atoms with Gasteiger partial charge in [-0.25, -0.2) is 4.79 Å². The van der Waals surface area contributed by atoms with Crippen LogP contribution in [0.5, 0.6) is 0 Å². The Morgan fingerprint density at radius 3 is 2.18 bits per heavy atom. The van der Waals surface area contributed by atoms with Gasteiger partial charge >= 0.3 is 11.9 Å². The lowest BCUT2D eigenvalue weighted by molar-refractivity contribution is -0.384. The van der Waals surface area contributed by atoms with Crippen molar-refractivity contribution in [3.8, 4) is 0 Å². The van der Waals surface area contributed by atoms with Crippen LogP contribution in [0.2, 0.25) is 0 Å². The standard InChI is InChI=1S/C15H16N2O6S2.C11H12Cl2N2O5/c1-15(2)9(14(22)23)17-11(19)8(12(17)25-15)16-10(18)7(13(20)21)6-3-4-24-5-6;12-10(13)11(18)14-8(5-16)9(17)6-1-3-7(4-2-6)15(19)20/h3-5,7-9,12H,1-2H3,(H,16,18)(H,20,21)(H,22,23);1-4,8-10,16-17H,5H2,(H,14,18)/t7-,8-,9+,12-;8-,9-/m11/s1. The highest BCUT2D eigenvalue weighted by atomic mass is 35.5. The van der Waals surface area contributed by atoms with Crippen molar-refractivity contribution in [3.63, 3.8) is 0 Å². The number of amides is 3. The molecule has 1 aromatic carbocycles. The summed E-state index contributed by atoms with van der Waals surface area (Å²) >= 11 is 13.3. The van der Waals surface area contributed by atoms with Crippen molar-refractivity contribution in [1.29, 1.82) is 0 Å². The predicted molar refractivity (Wildman–Crippen MR) is 163 cm³/mol. The van der Waals surface area contributed by atoms with Crippen molar-refractivity contribution in [1.82, 2.24) is 15.5 Å². The second kappa shape index (κ2) is 14.7. The summed E-state index contributed by atoms with van der Waals surface area (Å²) in [7, 11) is 0. The molecule has 0 unspecified atom stereocenters. The van der Waals surface area contributed by atoms with Crippen LogP contribution in [0.1, 0.15) is 37.0 Å². The number of thioether (sulfide) groups is 1. The highest BCUT2D eigenvalue weighted by molar-refractivity contribution is 8.01. The first-order valence-electron chi connectivity index (χ1n) is 12.9. The number of aliphatic hydroxyl groups excluding tert-OH is 2. The third-order valence-corrected chi connectivity index (χ3v) is 9.58. The summed E-state index contributed by atoms with van der Waals surface area (Å²) in [6.45, 7) is 2.91. The minimum Gasteiger partial charge on any atom is -0.480 e. The molecule has 1 aromatic heterocycles. The summed E-state index contributed by atoms with van der Waals surface area (Å²) in [5.74, 6) is -5.84. The van der Waals surface area contributed by atoms with E-state index in [0.717, 1.165) is 0 Å². The molecule has 2 aliphatic heterocycles. The number of hydrogen-bond donors (Lipinski definition) is 6. The fourth-order valence-corrected chi connectivity index (χ4v) is 7.16. The number of fused-ring (bicyclic) bond motifs is 1. The lowest BCUT2D eigenvalue weighted by atomic mass is 9.95. The number of carboxylic acid groups (broad SMARTS) is 2. The van der Waals surface area contributed by atoms with E-state index in [4.69, 9.17) is 28.3 Å². The molecule has 15 nitrogen and oxygen atoms in total. The third kappa shape index (κ3) is 8.03. The van der Waals surface area contributed by atoms with Gasteiger partial charge in [0.15, 0.2) is 10.8 Å². The van der Waals surface area contributed by atoms with E-state index in [1.165, 1.54) is 52.3 Å². The molecule has 6 atom stereocenters. The molecule has 2 fully saturated rings. The van der Waals surface area contributed by atoms with E-state index in [2.05, 4.69) is 10.6 Å². The smallest absolute Gasteiger partial charge is 0.327 e. The number of non-ortho nitro benzene ring substituents is 1. The fraction of sp³-hybridized carbons (Fsp3) is 0.423. The Bertz CT molecular complexity index is 1440. The van der Waals surface area contributed by atoms with Gasteiger partial charge in [0.1, 0.15) is 23.6 Å². The Kier molecular flexibility index (Phi) is 11.8. The maximum atomic E-state index is 12.4. The summed E-state index contributed by atoms with van der Waals surface area (Å²) in [6.07, 6.45) is -1.25. The predicted octanol–water partition coefficient (Wildman–Crippen LogP) is 1.46. The molecule has 3 heterocycles. The van der Waals surface area contributed by atoms with E-state index in [-0.39, 0.29) is 5.69 Å². The molecule has 0 aliphatic carbocycles. The largest absolute Gasteiger partial charge is 0.480 e. The number of alkyl halides is 2. The van der Waals surface area contributed by atoms with Crippen molar-refractivity contribution >= 4 is 81.6 Å². The molecule has 0 radical (unpaired) electrons. The number of aliphatic carboxylic acids is 2. The van der Waals surface area contributed by atoms with E-state index < -0.39 is 86.3 Å². The molecular formula is C26H28Cl2N4O11S2. The van der Waals surface area contributed by atoms with Crippen molar-refractivity contribution in [2.45, 2.75) is 59.0 Å². The molecule has 0 bridgehead atoms. The highest BCUT2D eigenvalue weighted by Gasteiger charge is 2.64. The maximum absolute atomic E-state index is 12.4. The number of carbonyl (C=O) groups excluding carboxylic acids is 3. The summed E-state index contributed by atoms with van der Waals surface area (Å²) in [4.78, 5) is 68.8. The summed E-state index contributed by atoms with van der Waals surface area (Å²) in [5.41, 5.74) is 0.518. The van der Waals surface area contributed by atoms with Crippen molar-refractivity contribution in [3.05, 3.63) is 62.3 Å². The molecule has 2 saturated heterocycles. The normalized spacial score (nSPS) is 21.7. The number of benzene rings is 1. The van der Waals surface area contributed by atoms with Crippen LogP contribution >= 0.6 is 46.3 Å². The number of carbonyl (C=O) groups is 5. The number of nitro benzene ring substituents is 1. The second-order valence-electron chi connectivity index (χ2n) is 10.3. The van der Waals surface area contributed by atoms with Gasteiger partial charge in [0, 0.05) is 16.9 Å². The molecule has 2 aromatic rings. The number of nitrogens with one attached hydrogen (secondary N) is 2. The monoisotopic (exact) mass is 706 g/mol. The molecule has 0 spiro atoms. The van der Waals surface area contributed by atoms with Gasteiger partial charge in [-0.2, -0.15) is 11.3 Å². The van der Waals surface area contributed by atoms with Gasteiger partial charge in [0.25, 0.3) is 11.6 Å². The van der Waals surface area contributed by atoms with Gasteiger partial charge in [-0.15, -0.1) is 11.8 Å². The summed E-state index contributed by atoms with van der Waals surface area (Å²) < 4.78 is -0.703. The van der Waals surface area contributed by atoms with Gasteiger partial charge in [0.2, 0.25) is 11.8 Å². The summed E-state index contributed by atoms with van der Waals surface area (Å²) in [6, 6.07) is 3.71. The first-order chi connectivity index (χ1) is 21.0. The van der Waals surface area contributed by atoms with Crippen LogP contribution in [-0.2, 0) is 24.0 Å². The van der Waals surface area contributed by atoms with E-state index in [1.807, 2.05) is 0 Å². The number of hydrogen-bond acceptors (Lipinski definition) is 11. The number of β-lactam (4-membered cyclic amide) rings is 1. The Labute approximate surface area is 273 Å². The quantitative estimate of drug-likeness (QED) is 0.0640. The van der Waals surface area contributed by atoms with E-state index in [9.17, 15) is 49.4 Å². The molecule has 244 valence electrons. The van der Waals surface area contributed by atoms with Gasteiger partial charge in [0.05, 0.1) is 17.6 Å². The number of rotatable bonds is 11. The molecule has 4 rings (SSSR count). The Morgan fingerprint density at radius 1 is 1.09 bits per heavy atom. The zero-order valence-electron chi connectivity index (χ0n) is 23.4. The zero-order valence-corrected chi connectivity index (χ0v) is 26.5. The molecule has 3 amide bonds. The van der Waals surface area contributed by atoms with E-state index in [0.29, 0.717) is 11.1 Å². The highest BCUT2D eigenvalue weighted by Crippen LogP contribution is 2.50. The van der Waals surface area contributed by atoms with Crippen molar-refractivity contribution in [2.24, 2.45) is 0 Å². The Morgan fingerprint density at radius 2 is 1.71 bits per heavy atom. The molecule has 45 heavy (non-hydrogen) atoms. The minimum absolute atomic E-state index is 0.132. The van der Waals surface area contributed by atoms with E-state index >= 15 is 0 Å². The molecule has 0 saturated carbocycles. The molecule has 6 N–H and O–H groups in total. The first-order valence-corrected chi connectivity index (χ1v) is 15.6. The first kappa shape index (κ1) is 36.0. The summed E-state index contributed by atoms with van der Waals surface area (Å²) in [5, 5.41) is 55.9. The average molecular weight is 708 g/mol. The van der Waals surface area contributed by atoms with Gasteiger partial charge in [-0.3, -0.25) is 29.3 Å². The number of thiophene rings is 1. The van der Waals surface area contributed by atoms with Gasteiger partial charge in [-0.05, 0) is 53.9 Å². The number of carboxylic acids is 2. The van der Waals surface area contributed by atoms with Crippen LogP contribution in [0.25, 0.3) is 0 Å². The number of nitro groups is 1. The maximum Gasteiger partial charge on any atom is 0.327 e. The van der Waals surface area contributed by atoms with Crippen LogP contribution < -0.4 is 10.6 Å². The van der Waals surface area contributed by atoms with Gasteiger partial charge < -0.3 is 36.0 Å². The zero-order chi connectivity index (χ0) is 33.8. The molecule has 19 heteroatoms. The second-order valence-corrected chi connectivity index (χ2v) is 14.0. The van der Waals surface area contributed by atoms with E-state index in [1.54, 1.807) is 30.7 Å². The van der Waals surface area contributed by atoms with Crippen LogP contribution in [-0.4, -0.2) is 99.6 Å². The number of halogens is 2. The third-order valence-electron chi connectivity index (χ3n) is 6.91. The Balaban J connectivity index is 0.000000253. The lowest BCUT2D eigenvalue weighted by Gasteiger charge is -2.43.